The molecular formula is C73H118O6. The molecule has 0 spiro atoms. The lowest BCUT2D eigenvalue weighted by Crippen LogP contribution is -2.30. The molecule has 1 unspecified atom stereocenters. The van der Waals surface area contributed by atoms with Gasteiger partial charge in [-0.2, -0.15) is 0 Å². The molecule has 0 aromatic carbocycles. The maximum Gasteiger partial charge on any atom is 0.306 e. The topological polar surface area (TPSA) is 78.9 Å². The van der Waals surface area contributed by atoms with Crippen LogP contribution in [0.1, 0.15) is 278 Å². The highest BCUT2D eigenvalue weighted by atomic mass is 16.6. The van der Waals surface area contributed by atoms with Gasteiger partial charge in [-0.3, -0.25) is 14.4 Å². The largest absolute Gasteiger partial charge is 0.462 e. The van der Waals surface area contributed by atoms with Crippen LogP contribution >= 0.6 is 0 Å². The second kappa shape index (κ2) is 65.8. The molecule has 1 atom stereocenters. The van der Waals surface area contributed by atoms with Crippen molar-refractivity contribution in [3.05, 3.63) is 146 Å². The molecule has 446 valence electrons. The number of allylic oxidation sites excluding steroid dienone is 24. The highest BCUT2D eigenvalue weighted by Crippen LogP contribution is 2.14. The summed E-state index contributed by atoms with van der Waals surface area (Å²) in [6.07, 6.45) is 94.1. The third kappa shape index (κ3) is 64.0. The van der Waals surface area contributed by atoms with Crippen LogP contribution < -0.4 is 0 Å². The van der Waals surface area contributed by atoms with Crippen LogP contribution in [0.2, 0.25) is 0 Å². The minimum atomic E-state index is -0.807. The summed E-state index contributed by atoms with van der Waals surface area (Å²) >= 11 is 0. The van der Waals surface area contributed by atoms with Crippen molar-refractivity contribution in [1.82, 2.24) is 0 Å². The molecule has 0 aliphatic carbocycles. The van der Waals surface area contributed by atoms with Gasteiger partial charge in [-0.05, 0) is 148 Å². The Kier molecular flexibility index (Phi) is 61.9. The third-order valence-electron chi connectivity index (χ3n) is 13.3. The van der Waals surface area contributed by atoms with Gasteiger partial charge in [0.25, 0.3) is 0 Å². The van der Waals surface area contributed by atoms with E-state index in [1.807, 2.05) is 0 Å². The Morgan fingerprint density at radius 2 is 0.494 bits per heavy atom. The molecule has 0 saturated carbocycles. The summed E-state index contributed by atoms with van der Waals surface area (Å²) in [4.78, 5) is 38.3. The van der Waals surface area contributed by atoms with Crippen molar-refractivity contribution < 1.29 is 28.6 Å². The zero-order valence-corrected chi connectivity index (χ0v) is 51.1. The lowest BCUT2D eigenvalue weighted by Gasteiger charge is -2.18. The second-order valence-corrected chi connectivity index (χ2v) is 20.9. The Morgan fingerprint density at radius 3 is 0.772 bits per heavy atom. The van der Waals surface area contributed by atoms with Gasteiger partial charge in [-0.25, -0.2) is 0 Å². The monoisotopic (exact) mass is 1090 g/mol. The first-order valence-electron chi connectivity index (χ1n) is 32.3. The molecule has 6 nitrogen and oxygen atoms in total. The molecule has 0 heterocycles. The van der Waals surface area contributed by atoms with E-state index in [0.29, 0.717) is 19.3 Å². The summed E-state index contributed by atoms with van der Waals surface area (Å²) in [7, 11) is 0. The van der Waals surface area contributed by atoms with E-state index in [-0.39, 0.29) is 31.1 Å². The standard InChI is InChI=1S/C73H118O6/c1-4-7-10-13-16-19-22-25-28-30-32-33-34-35-36-37-38-39-41-42-45-48-51-54-57-60-63-66-72(75)78-69-70(68-77-71(74)65-62-59-56-53-50-47-44-27-24-21-18-15-12-9-6-3)79-73(76)67-64-61-58-55-52-49-46-43-40-31-29-26-23-20-17-14-11-8-5-2/h7,10,16-21,25-29,32-33,35-36,38-40,42-45,70H,4-6,8-9,11-15,22-24,30-31,34,37,41,46-69H2,1-3H3/b10-7-,19-16-,20-17-,21-18-,28-25-,29-26-,33-32-,36-35-,39-38-,43-40-,44-27-,45-42-. The van der Waals surface area contributed by atoms with Crippen LogP contribution in [0, 0.1) is 0 Å². The minimum Gasteiger partial charge on any atom is -0.462 e. The van der Waals surface area contributed by atoms with Gasteiger partial charge in [-0.15, -0.1) is 0 Å². The van der Waals surface area contributed by atoms with E-state index < -0.39 is 6.10 Å². The van der Waals surface area contributed by atoms with E-state index in [1.54, 1.807) is 0 Å². The van der Waals surface area contributed by atoms with Gasteiger partial charge >= 0.3 is 17.9 Å². The van der Waals surface area contributed by atoms with Crippen molar-refractivity contribution in [2.45, 2.75) is 284 Å². The van der Waals surface area contributed by atoms with Gasteiger partial charge in [0.05, 0.1) is 0 Å². The predicted molar refractivity (Wildman–Crippen MR) is 343 cm³/mol. The predicted octanol–water partition coefficient (Wildman–Crippen LogP) is 22.3. The number of rotatable bonds is 57. The first-order valence-corrected chi connectivity index (χ1v) is 32.3. The van der Waals surface area contributed by atoms with Crippen molar-refractivity contribution in [2.75, 3.05) is 13.2 Å². The van der Waals surface area contributed by atoms with E-state index in [9.17, 15) is 14.4 Å². The van der Waals surface area contributed by atoms with Gasteiger partial charge in [-0.1, -0.05) is 256 Å². The van der Waals surface area contributed by atoms with Crippen molar-refractivity contribution >= 4 is 17.9 Å². The Hall–Kier alpha value is -4.71. The number of unbranched alkanes of at least 4 members (excludes halogenated alkanes) is 22. The first-order chi connectivity index (χ1) is 39.0. The van der Waals surface area contributed by atoms with Crippen molar-refractivity contribution in [2.24, 2.45) is 0 Å². The molecule has 0 N–H and O–H groups in total. The summed E-state index contributed by atoms with van der Waals surface area (Å²) in [5.74, 6) is -0.947. The number of ether oxygens (including phenoxy) is 3. The molecule has 0 bridgehead atoms. The lowest BCUT2D eigenvalue weighted by molar-refractivity contribution is -0.167. The molecule has 0 aliphatic rings. The number of esters is 3. The smallest absolute Gasteiger partial charge is 0.306 e. The van der Waals surface area contributed by atoms with Crippen LogP contribution in [0.5, 0.6) is 0 Å². The molecule has 0 aromatic heterocycles. The summed E-state index contributed by atoms with van der Waals surface area (Å²) in [5, 5.41) is 0. The van der Waals surface area contributed by atoms with Crippen molar-refractivity contribution in [1.29, 1.82) is 0 Å². The Balaban J connectivity index is 4.46. The quantitative estimate of drug-likeness (QED) is 0.0261. The average Bonchev–Trinajstić information content (AvgIpc) is 3.45. The summed E-state index contributed by atoms with van der Waals surface area (Å²) in [6, 6.07) is 0. The van der Waals surface area contributed by atoms with Crippen LogP contribution in [-0.4, -0.2) is 37.2 Å². The molecule has 0 radical (unpaired) electrons. The Bertz CT molecular complexity index is 1730. The molecule has 79 heavy (non-hydrogen) atoms. The summed E-state index contributed by atoms with van der Waals surface area (Å²) < 4.78 is 16.9. The van der Waals surface area contributed by atoms with Crippen LogP contribution in [0.3, 0.4) is 0 Å². The average molecular weight is 1090 g/mol. The highest BCUT2D eigenvalue weighted by molar-refractivity contribution is 5.71. The molecular weight excluding hydrogens is 973 g/mol. The number of hydrogen-bond donors (Lipinski definition) is 0. The maximum absolute atomic E-state index is 12.9. The van der Waals surface area contributed by atoms with Crippen LogP contribution in [0.25, 0.3) is 0 Å². The summed E-state index contributed by atoms with van der Waals surface area (Å²) in [6.45, 7) is 6.44. The van der Waals surface area contributed by atoms with E-state index in [4.69, 9.17) is 14.2 Å². The molecule has 6 heteroatoms. The van der Waals surface area contributed by atoms with Gasteiger partial charge in [0.2, 0.25) is 0 Å². The molecule has 0 rings (SSSR count). The van der Waals surface area contributed by atoms with E-state index in [2.05, 4.69) is 167 Å². The van der Waals surface area contributed by atoms with E-state index >= 15 is 0 Å². The van der Waals surface area contributed by atoms with Crippen LogP contribution in [-0.2, 0) is 28.6 Å². The van der Waals surface area contributed by atoms with E-state index in [1.165, 1.54) is 64.2 Å². The fraction of sp³-hybridized carbons (Fsp3) is 0.630. The fourth-order valence-electron chi connectivity index (χ4n) is 8.46. The van der Waals surface area contributed by atoms with Crippen LogP contribution in [0.4, 0.5) is 0 Å². The third-order valence-corrected chi connectivity index (χ3v) is 13.3. The zero-order chi connectivity index (χ0) is 57.1. The second-order valence-electron chi connectivity index (χ2n) is 20.9. The molecule has 0 saturated heterocycles. The van der Waals surface area contributed by atoms with Gasteiger partial charge in [0, 0.05) is 19.3 Å². The summed E-state index contributed by atoms with van der Waals surface area (Å²) in [5.41, 5.74) is 0. The normalized spacial score (nSPS) is 13.1. The SMILES string of the molecule is CC/C=C\C/C=C\C/C=C\C/C=C\C/C=C\C/C=C\C/C=C\CCCCCCCC(=O)OCC(COC(=O)CCCCCCC/C=C\C/C=C\CCCCC)OC(=O)CCCCCCCC/C=C\C/C=C\C/C=C\CCCCC. The number of carbonyl (C=O) groups excluding carboxylic acids is 3. The molecule has 0 aliphatic heterocycles. The zero-order valence-electron chi connectivity index (χ0n) is 51.1. The van der Waals surface area contributed by atoms with Gasteiger partial charge in [0.1, 0.15) is 13.2 Å². The van der Waals surface area contributed by atoms with Crippen molar-refractivity contribution in [3.63, 3.8) is 0 Å². The van der Waals surface area contributed by atoms with Gasteiger partial charge in [0.15, 0.2) is 6.10 Å². The van der Waals surface area contributed by atoms with E-state index in [0.717, 1.165) is 173 Å². The molecule has 0 fully saturated rings. The first kappa shape index (κ1) is 74.3. The Labute approximate surface area is 487 Å². The number of hydrogen-bond acceptors (Lipinski definition) is 6. The highest BCUT2D eigenvalue weighted by Gasteiger charge is 2.19. The lowest BCUT2D eigenvalue weighted by atomic mass is 10.1. The van der Waals surface area contributed by atoms with Crippen molar-refractivity contribution in [3.8, 4) is 0 Å². The fourth-order valence-corrected chi connectivity index (χ4v) is 8.46. The van der Waals surface area contributed by atoms with Gasteiger partial charge < -0.3 is 14.2 Å². The molecule has 0 aromatic rings. The maximum atomic E-state index is 12.9. The minimum absolute atomic E-state index is 0.102. The molecule has 0 amide bonds. The number of carbonyl (C=O) groups is 3. The Morgan fingerprint density at radius 1 is 0.266 bits per heavy atom. The van der Waals surface area contributed by atoms with Crippen LogP contribution in [0.15, 0.2) is 146 Å².